The zero-order chi connectivity index (χ0) is 19.4. The van der Waals surface area contributed by atoms with Gasteiger partial charge in [0.05, 0.1) is 5.56 Å². The fourth-order valence-electron chi connectivity index (χ4n) is 2.83. The summed E-state index contributed by atoms with van der Waals surface area (Å²) < 4.78 is 38.7. The van der Waals surface area contributed by atoms with Crippen molar-refractivity contribution in [3.63, 3.8) is 0 Å². The van der Waals surface area contributed by atoms with Crippen LogP contribution < -0.4 is 10.2 Å². The lowest BCUT2D eigenvalue weighted by molar-refractivity contribution is -0.137. The predicted molar refractivity (Wildman–Crippen MR) is 95.7 cm³/mol. The van der Waals surface area contributed by atoms with Crippen LogP contribution in [0.4, 0.5) is 30.5 Å². The van der Waals surface area contributed by atoms with E-state index < -0.39 is 11.7 Å². The molecule has 1 N–H and O–H groups in total. The average molecular weight is 377 g/mol. The Morgan fingerprint density at radius 3 is 2.52 bits per heavy atom. The van der Waals surface area contributed by atoms with E-state index >= 15 is 0 Å². The SMILES string of the molecule is C=CC(=O)N1CCN(c2nccnc2Nc2cccc(C(F)(F)F)c2)CC1. The number of carbonyl (C=O) groups is 1. The first-order chi connectivity index (χ1) is 12.9. The van der Waals surface area contributed by atoms with Gasteiger partial charge in [0.2, 0.25) is 5.91 Å². The number of hydrogen-bond acceptors (Lipinski definition) is 5. The van der Waals surface area contributed by atoms with Crippen LogP contribution in [-0.4, -0.2) is 47.0 Å². The summed E-state index contributed by atoms with van der Waals surface area (Å²) in [6, 6.07) is 4.91. The van der Waals surface area contributed by atoms with E-state index in [1.165, 1.54) is 30.6 Å². The lowest BCUT2D eigenvalue weighted by Gasteiger charge is -2.35. The molecule has 0 bridgehead atoms. The molecule has 27 heavy (non-hydrogen) atoms. The molecule has 1 fully saturated rings. The third-order valence-corrected chi connectivity index (χ3v) is 4.20. The van der Waals surface area contributed by atoms with Crippen LogP contribution in [0.3, 0.4) is 0 Å². The first-order valence-electron chi connectivity index (χ1n) is 8.30. The molecule has 142 valence electrons. The molecule has 9 heteroatoms. The molecule has 0 saturated carbocycles. The fourth-order valence-corrected chi connectivity index (χ4v) is 2.83. The van der Waals surface area contributed by atoms with Crippen LogP contribution in [-0.2, 0) is 11.0 Å². The zero-order valence-corrected chi connectivity index (χ0v) is 14.4. The topological polar surface area (TPSA) is 61.4 Å². The molecule has 1 aliphatic heterocycles. The Morgan fingerprint density at radius 2 is 1.85 bits per heavy atom. The molecule has 0 atom stereocenters. The second kappa shape index (κ2) is 7.65. The maximum atomic E-state index is 12.9. The van der Waals surface area contributed by atoms with Crippen molar-refractivity contribution < 1.29 is 18.0 Å². The molecular formula is C18H18F3N5O. The highest BCUT2D eigenvalue weighted by Gasteiger charge is 2.30. The van der Waals surface area contributed by atoms with E-state index in [9.17, 15) is 18.0 Å². The normalized spacial score (nSPS) is 14.8. The summed E-state index contributed by atoms with van der Waals surface area (Å²) in [4.78, 5) is 23.8. The fraction of sp³-hybridized carbons (Fsp3) is 0.278. The molecule has 0 aliphatic carbocycles. The molecular weight excluding hydrogens is 359 g/mol. The molecule has 1 aromatic heterocycles. The summed E-state index contributed by atoms with van der Waals surface area (Å²) in [5, 5.41) is 2.92. The number of nitrogens with one attached hydrogen (secondary N) is 1. The predicted octanol–water partition coefficient (Wildman–Crippen LogP) is 3.07. The van der Waals surface area contributed by atoms with E-state index in [1.54, 1.807) is 4.90 Å². The van der Waals surface area contributed by atoms with Gasteiger partial charge in [-0.1, -0.05) is 12.6 Å². The number of anilines is 3. The van der Waals surface area contributed by atoms with Crippen molar-refractivity contribution in [2.75, 3.05) is 36.4 Å². The Kier molecular flexibility index (Phi) is 5.29. The number of carbonyl (C=O) groups excluding carboxylic acids is 1. The number of piperazine rings is 1. The quantitative estimate of drug-likeness (QED) is 0.830. The van der Waals surface area contributed by atoms with Gasteiger partial charge in [-0.25, -0.2) is 9.97 Å². The monoisotopic (exact) mass is 377 g/mol. The van der Waals surface area contributed by atoms with Crippen LogP contribution in [0.15, 0.2) is 49.3 Å². The summed E-state index contributed by atoms with van der Waals surface area (Å²) in [6.45, 7) is 5.56. The van der Waals surface area contributed by atoms with E-state index in [-0.39, 0.29) is 11.6 Å². The Hall–Kier alpha value is -3.10. The number of benzene rings is 1. The summed E-state index contributed by atoms with van der Waals surface area (Å²) >= 11 is 0. The smallest absolute Gasteiger partial charge is 0.350 e. The largest absolute Gasteiger partial charge is 0.416 e. The van der Waals surface area contributed by atoms with Gasteiger partial charge in [0.15, 0.2) is 11.6 Å². The second-order valence-corrected chi connectivity index (χ2v) is 5.95. The number of hydrogen-bond donors (Lipinski definition) is 1. The van der Waals surface area contributed by atoms with E-state index in [1.807, 2.05) is 4.90 Å². The van der Waals surface area contributed by atoms with Crippen LogP contribution in [0, 0.1) is 0 Å². The second-order valence-electron chi connectivity index (χ2n) is 5.95. The third kappa shape index (κ3) is 4.36. The van der Waals surface area contributed by atoms with Gasteiger partial charge in [0.1, 0.15) is 0 Å². The molecule has 0 spiro atoms. The van der Waals surface area contributed by atoms with Gasteiger partial charge < -0.3 is 15.1 Å². The van der Waals surface area contributed by atoms with Gasteiger partial charge in [-0.15, -0.1) is 0 Å². The van der Waals surface area contributed by atoms with E-state index in [4.69, 9.17) is 0 Å². The van der Waals surface area contributed by atoms with Crippen molar-refractivity contribution >= 4 is 23.2 Å². The van der Waals surface area contributed by atoms with E-state index in [2.05, 4.69) is 21.9 Å². The van der Waals surface area contributed by atoms with Gasteiger partial charge in [0, 0.05) is 44.3 Å². The average Bonchev–Trinajstić information content (AvgIpc) is 2.67. The van der Waals surface area contributed by atoms with Gasteiger partial charge in [-0.05, 0) is 24.3 Å². The minimum atomic E-state index is -4.42. The van der Waals surface area contributed by atoms with Crippen LogP contribution in [0.5, 0.6) is 0 Å². The van der Waals surface area contributed by atoms with Crippen molar-refractivity contribution in [2.45, 2.75) is 6.18 Å². The van der Waals surface area contributed by atoms with Gasteiger partial charge in [-0.3, -0.25) is 4.79 Å². The van der Waals surface area contributed by atoms with E-state index in [0.29, 0.717) is 37.8 Å². The number of halogens is 3. The van der Waals surface area contributed by atoms with Crippen LogP contribution in [0.1, 0.15) is 5.56 Å². The summed E-state index contributed by atoms with van der Waals surface area (Å²) in [5.74, 6) is 0.761. The molecule has 6 nitrogen and oxygen atoms in total. The van der Waals surface area contributed by atoms with Gasteiger partial charge in [-0.2, -0.15) is 13.2 Å². The number of aromatic nitrogens is 2. The Balaban J connectivity index is 1.78. The lowest BCUT2D eigenvalue weighted by atomic mass is 10.2. The maximum Gasteiger partial charge on any atom is 0.416 e. The van der Waals surface area contributed by atoms with Crippen molar-refractivity contribution in [1.29, 1.82) is 0 Å². The third-order valence-electron chi connectivity index (χ3n) is 4.20. The zero-order valence-electron chi connectivity index (χ0n) is 14.4. The first-order valence-corrected chi connectivity index (χ1v) is 8.30. The van der Waals surface area contributed by atoms with Gasteiger partial charge in [0.25, 0.3) is 0 Å². The highest BCUT2D eigenvalue weighted by molar-refractivity contribution is 5.87. The maximum absolute atomic E-state index is 12.9. The minimum Gasteiger partial charge on any atom is -0.350 e. The molecule has 3 rings (SSSR count). The van der Waals surface area contributed by atoms with E-state index in [0.717, 1.165) is 12.1 Å². The molecule has 0 radical (unpaired) electrons. The molecule has 2 aromatic rings. The summed E-state index contributed by atoms with van der Waals surface area (Å²) in [7, 11) is 0. The highest BCUT2D eigenvalue weighted by Crippen LogP contribution is 2.32. The lowest BCUT2D eigenvalue weighted by Crippen LogP contribution is -2.48. The first kappa shape index (κ1) is 18.7. The van der Waals surface area contributed by atoms with Crippen LogP contribution >= 0.6 is 0 Å². The van der Waals surface area contributed by atoms with Gasteiger partial charge >= 0.3 is 6.18 Å². The number of alkyl halides is 3. The van der Waals surface area contributed by atoms with Crippen molar-refractivity contribution in [2.24, 2.45) is 0 Å². The van der Waals surface area contributed by atoms with Crippen LogP contribution in [0.25, 0.3) is 0 Å². The molecule has 1 aromatic carbocycles. The number of nitrogens with zero attached hydrogens (tertiary/aromatic N) is 4. The van der Waals surface area contributed by atoms with Crippen LogP contribution in [0.2, 0.25) is 0 Å². The molecule has 1 amide bonds. The summed E-state index contributed by atoms with van der Waals surface area (Å²) in [6.07, 6.45) is -0.152. The molecule has 2 heterocycles. The molecule has 1 saturated heterocycles. The number of amides is 1. The Bertz CT molecular complexity index is 832. The standard InChI is InChI=1S/C18H18F3N5O/c1-2-15(27)25-8-10-26(11-9-25)17-16(22-6-7-23-17)24-14-5-3-4-13(12-14)18(19,20)21/h2-7,12H,1,8-11H2,(H,22,24). The Morgan fingerprint density at radius 1 is 1.15 bits per heavy atom. The number of rotatable bonds is 4. The van der Waals surface area contributed by atoms with Crippen molar-refractivity contribution in [3.05, 3.63) is 54.9 Å². The Labute approximate surface area is 154 Å². The van der Waals surface area contributed by atoms with Crippen molar-refractivity contribution in [1.82, 2.24) is 14.9 Å². The highest BCUT2D eigenvalue weighted by atomic mass is 19.4. The van der Waals surface area contributed by atoms with Crippen molar-refractivity contribution in [3.8, 4) is 0 Å². The molecule has 0 unspecified atom stereocenters. The summed E-state index contributed by atoms with van der Waals surface area (Å²) in [5.41, 5.74) is -0.471. The molecule has 1 aliphatic rings. The minimum absolute atomic E-state index is 0.129.